The van der Waals surface area contributed by atoms with E-state index in [4.69, 9.17) is 5.11 Å². The third-order valence-corrected chi connectivity index (χ3v) is 4.03. The minimum Gasteiger partial charge on any atom is -0.481 e. The molecule has 110 valence electrons. The van der Waals surface area contributed by atoms with Crippen LogP contribution in [-0.2, 0) is 11.2 Å². The summed E-state index contributed by atoms with van der Waals surface area (Å²) in [5.74, 6) is -1.14. The van der Waals surface area contributed by atoms with Gasteiger partial charge in [-0.15, -0.1) is 0 Å². The smallest absolute Gasteiger partial charge is 0.306 e. The van der Waals surface area contributed by atoms with Crippen LogP contribution in [0.3, 0.4) is 0 Å². The van der Waals surface area contributed by atoms with Crippen LogP contribution in [0.4, 0.5) is 0 Å². The Balaban J connectivity index is 2.04. The van der Waals surface area contributed by atoms with Gasteiger partial charge in [0.15, 0.2) is 0 Å². The molecule has 0 fully saturated rings. The zero-order chi connectivity index (χ0) is 15.5. The summed E-state index contributed by atoms with van der Waals surface area (Å²) < 4.78 is 0. The number of hydrogen-bond donors (Lipinski definition) is 1. The predicted octanol–water partition coefficient (Wildman–Crippen LogP) is 4.77. The van der Waals surface area contributed by atoms with Crippen LogP contribution in [0.5, 0.6) is 0 Å². The highest BCUT2D eigenvalue weighted by molar-refractivity contribution is 5.87. The van der Waals surface area contributed by atoms with Crippen LogP contribution in [0, 0.1) is 5.92 Å². The first-order valence-electron chi connectivity index (χ1n) is 7.45. The van der Waals surface area contributed by atoms with Crippen molar-refractivity contribution < 1.29 is 9.90 Å². The molecule has 3 rings (SSSR count). The maximum absolute atomic E-state index is 11.1. The van der Waals surface area contributed by atoms with Crippen LogP contribution in [0.1, 0.15) is 12.5 Å². The second-order valence-electron chi connectivity index (χ2n) is 5.66. The van der Waals surface area contributed by atoms with Crippen LogP contribution in [0.2, 0.25) is 0 Å². The molecule has 0 saturated heterocycles. The summed E-state index contributed by atoms with van der Waals surface area (Å²) in [6, 6.07) is 22.7. The minimum absolute atomic E-state index is 0.387. The number of carboxylic acids is 1. The lowest BCUT2D eigenvalue weighted by Gasteiger charge is -2.13. The summed E-state index contributed by atoms with van der Waals surface area (Å²) in [6.45, 7) is 1.75. The number of aliphatic carboxylic acids is 1. The first kappa shape index (κ1) is 14.3. The SMILES string of the molecule is CC(Cc1ccccc1-c1ccc2ccccc2c1)C(=O)O. The van der Waals surface area contributed by atoms with Gasteiger partial charge in [0.2, 0.25) is 0 Å². The summed E-state index contributed by atoms with van der Waals surface area (Å²) in [5, 5.41) is 11.6. The molecule has 0 spiro atoms. The molecular weight excluding hydrogens is 272 g/mol. The van der Waals surface area contributed by atoms with Crippen LogP contribution in [0.25, 0.3) is 21.9 Å². The van der Waals surface area contributed by atoms with E-state index >= 15 is 0 Å². The summed E-state index contributed by atoms with van der Waals surface area (Å²) >= 11 is 0. The Bertz CT molecular complexity index is 821. The van der Waals surface area contributed by atoms with Gasteiger partial charge in [-0.3, -0.25) is 4.79 Å². The Morgan fingerprint density at radius 1 is 0.955 bits per heavy atom. The van der Waals surface area contributed by atoms with Crippen LogP contribution < -0.4 is 0 Å². The molecule has 1 atom stereocenters. The van der Waals surface area contributed by atoms with E-state index in [-0.39, 0.29) is 5.92 Å². The molecule has 0 radical (unpaired) electrons. The summed E-state index contributed by atoms with van der Waals surface area (Å²) in [6.07, 6.45) is 0.540. The topological polar surface area (TPSA) is 37.3 Å². The molecule has 3 aromatic rings. The number of carboxylic acid groups (broad SMARTS) is 1. The molecule has 0 aromatic heterocycles. The highest BCUT2D eigenvalue weighted by Gasteiger charge is 2.14. The molecule has 0 saturated carbocycles. The van der Waals surface area contributed by atoms with Crippen molar-refractivity contribution in [3.63, 3.8) is 0 Å². The van der Waals surface area contributed by atoms with Crippen LogP contribution >= 0.6 is 0 Å². The van der Waals surface area contributed by atoms with E-state index in [1.54, 1.807) is 6.92 Å². The summed E-state index contributed by atoms with van der Waals surface area (Å²) in [5.41, 5.74) is 3.32. The molecule has 3 aromatic carbocycles. The quantitative estimate of drug-likeness (QED) is 0.751. The van der Waals surface area contributed by atoms with Crippen LogP contribution in [0.15, 0.2) is 66.7 Å². The van der Waals surface area contributed by atoms with E-state index < -0.39 is 5.97 Å². The Morgan fingerprint density at radius 2 is 1.64 bits per heavy atom. The second kappa shape index (κ2) is 6.02. The molecule has 1 unspecified atom stereocenters. The van der Waals surface area contributed by atoms with Crippen molar-refractivity contribution in [3.8, 4) is 11.1 Å². The third-order valence-electron chi connectivity index (χ3n) is 4.03. The average Bonchev–Trinajstić information content (AvgIpc) is 2.55. The van der Waals surface area contributed by atoms with Gasteiger partial charge in [-0.1, -0.05) is 67.6 Å². The molecule has 0 aliphatic heterocycles. The normalized spacial score (nSPS) is 12.2. The van der Waals surface area contributed by atoms with Gasteiger partial charge in [-0.05, 0) is 39.9 Å². The van der Waals surface area contributed by atoms with Crippen LogP contribution in [-0.4, -0.2) is 11.1 Å². The van der Waals surface area contributed by atoms with Crippen molar-refractivity contribution in [1.82, 2.24) is 0 Å². The fourth-order valence-corrected chi connectivity index (χ4v) is 2.75. The number of carbonyl (C=O) groups is 1. The Morgan fingerprint density at radius 3 is 2.41 bits per heavy atom. The lowest BCUT2D eigenvalue weighted by molar-refractivity contribution is -0.141. The van der Waals surface area contributed by atoms with Gasteiger partial charge in [0.25, 0.3) is 0 Å². The van der Waals surface area contributed by atoms with E-state index in [1.165, 1.54) is 10.8 Å². The fraction of sp³-hybridized carbons (Fsp3) is 0.150. The van der Waals surface area contributed by atoms with E-state index in [2.05, 4.69) is 36.4 Å². The molecule has 1 N–H and O–H groups in total. The van der Waals surface area contributed by atoms with E-state index in [9.17, 15) is 4.79 Å². The highest BCUT2D eigenvalue weighted by Crippen LogP contribution is 2.28. The Kier molecular flexibility index (Phi) is 3.92. The first-order valence-corrected chi connectivity index (χ1v) is 7.45. The van der Waals surface area contributed by atoms with Gasteiger partial charge in [0, 0.05) is 0 Å². The number of benzene rings is 3. The number of fused-ring (bicyclic) bond motifs is 1. The maximum Gasteiger partial charge on any atom is 0.306 e. The zero-order valence-corrected chi connectivity index (χ0v) is 12.5. The largest absolute Gasteiger partial charge is 0.481 e. The van der Waals surface area contributed by atoms with Gasteiger partial charge in [-0.2, -0.15) is 0 Å². The molecule has 2 heteroatoms. The molecule has 0 aliphatic carbocycles. The number of rotatable bonds is 4. The lowest BCUT2D eigenvalue weighted by atomic mass is 9.92. The Labute approximate surface area is 130 Å². The van der Waals surface area contributed by atoms with E-state index in [0.717, 1.165) is 16.7 Å². The average molecular weight is 290 g/mol. The molecule has 0 aliphatic rings. The molecule has 2 nitrogen and oxygen atoms in total. The first-order chi connectivity index (χ1) is 10.6. The standard InChI is InChI=1S/C20H18O2/c1-14(20(21)22)12-17-8-4-5-9-19(17)18-11-10-15-6-2-3-7-16(15)13-18/h2-11,13-14H,12H2,1H3,(H,21,22). The number of hydrogen-bond acceptors (Lipinski definition) is 1. The molecule has 0 bridgehead atoms. The van der Waals surface area contributed by atoms with Crippen molar-refractivity contribution >= 4 is 16.7 Å². The third kappa shape index (κ3) is 2.86. The van der Waals surface area contributed by atoms with E-state index in [0.29, 0.717) is 6.42 Å². The second-order valence-corrected chi connectivity index (χ2v) is 5.66. The van der Waals surface area contributed by atoms with Crippen molar-refractivity contribution in [2.75, 3.05) is 0 Å². The van der Waals surface area contributed by atoms with Gasteiger partial charge in [0.1, 0.15) is 0 Å². The van der Waals surface area contributed by atoms with Crippen molar-refractivity contribution in [2.45, 2.75) is 13.3 Å². The summed E-state index contributed by atoms with van der Waals surface area (Å²) in [7, 11) is 0. The van der Waals surface area contributed by atoms with E-state index in [1.807, 2.05) is 30.3 Å². The van der Waals surface area contributed by atoms with Gasteiger partial charge in [0.05, 0.1) is 5.92 Å². The highest BCUT2D eigenvalue weighted by atomic mass is 16.4. The molecule has 0 heterocycles. The summed E-state index contributed by atoms with van der Waals surface area (Å²) in [4.78, 5) is 11.1. The Hall–Kier alpha value is -2.61. The lowest BCUT2D eigenvalue weighted by Crippen LogP contribution is -2.12. The fourth-order valence-electron chi connectivity index (χ4n) is 2.75. The van der Waals surface area contributed by atoms with Crippen molar-refractivity contribution in [3.05, 3.63) is 72.3 Å². The van der Waals surface area contributed by atoms with Crippen molar-refractivity contribution in [2.24, 2.45) is 5.92 Å². The van der Waals surface area contributed by atoms with Crippen molar-refractivity contribution in [1.29, 1.82) is 0 Å². The van der Waals surface area contributed by atoms with Gasteiger partial charge in [-0.25, -0.2) is 0 Å². The minimum atomic E-state index is -0.756. The molecule has 0 amide bonds. The van der Waals surface area contributed by atoms with Gasteiger partial charge >= 0.3 is 5.97 Å². The molecular formula is C20H18O2. The van der Waals surface area contributed by atoms with Gasteiger partial charge < -0.3 is 5.11 Å². The maximum atomic E-state index is 11.1. The zero-order valence-electron chi connectivity index (χ0n) is 12.5. The predicted molar refractivity (Wildman–Crippen MR) is 89.9 cm³/mol. The molecule has 22 heavy (non-hydrogen) atoms. The monoisotopic (exact) mass is 290 g/mol.